The number of halogens is 1. The first-order chi connectivity index (χ1) is 20.3. The molecule has 4 aromatic rings. The number of hydrogen-bond donors (Lipinski definition) is 1. The molecule has 0 aliphatic heterocycles. The Morgan fingerprint density at radius 3 is 2.67 bits per heavy atom. The quantitative estimate of drug-likeness (QED) is 0.249. The molecule has 5 rings (SSSR count). The molecule has 1 aliphatic rings. The number of hydrogen-bond acceptors (Lipinski definition) is 8. The van der Waals surface area contributed by atoms with Gasteiger partial charge in [0, 0.05) is 28.4 Å². The van der Waals surface area contributed by atoms with Crippen molar-refractivity contribution < 1.29 is 23.8 Å². The Balaban J connectivity index is 1.46. The average molecular weight is 590 g/mol. The summed E-state index contributed by atoms with van der Waals surface area (Å²) in [6, 6.07) is 10.8. The number of methoxy groups -OCH3 is 1. The van der Waals surface area contributed by atoms with Gasteiger partial charge in [0.15, 0.2) is 0 Å². The van der Waals surface area contributed by atoms with E-state index in [4.69, 9.17) is 25.8 Å². The lowest BCUT2D eigenvalue weighted by Crippen LogP contribution is -2.35. The van der Waals surface area contributed by atoms with Crippen molar-refractivity contribution in [2.45, 2.75) is 38.6 Å². The largest absolute Gasteiger partial charge is 0.515 e. The molecule has 0 bridgehead atoms. The highest BCUT2D eigenvalue weighted by molar-refractivity contribution is 6.31. The molecular weight excluding hydrogens is 562 g/mol. The SMILES string of the molecule is CCOC(=O)Oc1cn2cc(NC(=O)C(CC3CCC3)n3cc(OC)c(-c4cc(Cl)ccc4C#N)cc3=O)ccc2n1. The minimum Gasteiger partial charge on any atom is -0.495 e. The smallest absolute Gasteiger partial charge is 0.495 e. The van der Waals surface area contributed by atoms with Crippen molar-refractivity contribution in [3.05, 3.63) is 75.9 Å². The van der Waals surface area contributed by atoms with Crippen LogP contribution in [-0.4, -0.2) is 39.7 Å². The van der Waals surface area contributed by atoms with Gasteiger partial charge in [-0.25, -0.2) is 4.79 Å². The zero-order chi connectivity index (χ0) is 29.8. The van der Waals surface area contributed by atoms with Gasteiger partial charge in [-0.3, -0.25) is 14.2 Å². The third-order valence-electron chi connectivity index (χ3n) is 7.22. The normalized spacial score (nSPS) is 13.6. The molecule has 42 heavy (non-hydrogen) atoms. The summed E-state index contributed by atoms with van der Waals surface area (Å²) in [5.41, 5.74) is 1.75. The van der Waals surface area contributed by atoms with Gasteiger partial charge >= 0.3 is 6.16 Å². The Morgan fingerprint density at radius 2 is 1.98 bits per heavy atom. The lowest BCUT2D eigenvalue weighted by atomic mass is 9.80. The van der Waals surface area contributed by atoms with Crippen molar-refractivity contribution in [3.63, 3.8) is 0 Å². The number of nitriles is 1. The fourth-order valence-electron chi connectivity index (χ4n) is 4.92. The van der Waals surface area contributed by atoms with Crippen LogP contribution < -0.4 is 20.3 Å². The van der Waals surface area contributed by atoms with Crippen LogP contribution in [0.2, 0.25) is 5.02 Å². The highest BCUT2D eigenvalue weighted by Gasteiger charge is 2.30. The number of anilines is 1. The molecule has 1 saturated carbocycles. The molecule has 1 atom stereocenters. The van der Waals surface area contributed by atoms with E-state index in [-0.39, 0.29) is 18.4 Å². The highest BCUT2D eigenvalue weighted by Crippen LogP contribution is 2.37. The first-order valence-corrected chi connectivity index (χ1v) is 13.8. The van der Waals surface area contributed by atoms with E-state index in [0.717, 1.165) is 19.3 Å². The molecule has 3 aromatic heterocycles. The molecule has 1 unspecified atom stereocenters. The molecule has 1 aromatic carbocycles. The van der Waals surface area contributed by atoms with Gasteiger partial charge in [-0.1, -0.05) is 30.9 Å². The van der Waals surface area contributed by atoms with E-state index in [9.17, 15) is 19.6 Å². The van der Waals surface area contributed by atoms with Crippen molar-refractivity contribution in [3.8, 4) is 28.8 Å². The van der Waals surface area contributed by atoms with Crippen molar-refractivity contribution in [1.29, 1.82) is 5.26 Å². The van der Waals surface area contributed by atoms with E-state index in [1.807, 2.05) is 0 Å². The maximum absolute atomic E-state index is 13.7. The van der Waals surface area contributed by atoms with Crippen LogP contribution in [0.25, 0.3) is 16.8 Å². The van der Waals surface area contributed by atoms with E-state index in [1.165, 1.54) is 30.1 Å². The van der Waals surface area contributed by atoms with Gasteiger partial charge < -0.3 is 23.9 Å². The number of ether oxygens (including phenoxy) is 3. The molecule has 216 valence electrons. The predicted octanol–water partition coefficient (Wildman–Crippen LogP) is 5.60. The second kappa shape index (κ2) is 12.4. The number of aromatic nitrogens is 3. The summed E-state index contributed by atoms with van der Waals surface area (Å²) in [5, 5.41) is 12.9. The van der Waals surface area contributed by atoms with Crippen LogP contribution in [0, 0.1) is 17.2 Å². The zero-order valence-electron chi connectivity index (χ0n) is 23.0. The maximum Gasteiger partial charge on any atom is 0.515 e. The van der Waals surface area contributed by atoms with Gasteiger partial charge in [0.1, 0.15) is 17.4 Å². The van der Waals surface area contributed by atoms with Gasteiger partial charge in [0.25, 0.3) is 5.56 Å². The summed E-state index contributed by atoms with van der Waals surface area (Å²) in [6.45, 7) is 1.84. The van der Waals surface area contributed by atoms with E-state index in [0.29, 0.717) is 51.1 Å². The summed E-state index contributed by atoms with van der Waals surface area (Å²) in [6.07, 6.45) is 7.29. The van der Waals surface area contributed by atoms with Crippen LogP contribution in [0.5, 0.6) is 11.6 Å². The molecular formula is C30H28ClN5O6. The predicted molar refractivity (Wildman–Crippen MR) is 155 cm³/mol. The number of fused-ring (bicyclic) bond motifs is 1. The molecule has 1 amide bonds. The standard InChI is InChI=1S/C30H28ClN5O6/c1-3-41-30(39)42-27-17-35-15-21(9-10-26(35)34-27)33-29(38)24(11-18-5-4-6-18)36-16-25(40-2)23(13-28(36)37)22-12-20(31)8-7-19(22)14-32/h7-10,12-13,15-18,24H,3-6,11H2,1-2H3,(H,33,38). The zero-order valence-corrected chi connectivity index (χ0v) is 23.8. The number of carbonyl (C=O) groups is 2. The van der Waals surface area contributed by atoms with Gasteiger partial charge in [-0.15, -0.1) is 0 Å². The summed E-state index contributed by atoms with van der Waals surface area (Å²) in [7, 11) is 1.46. The molecule has 0 spiro atoms. The van der Waals surface area contributed by atoms with E-state index in [1.54, 1.807) is 47.9 Å². The number of nitrogens with zero attached hydrogens (tertiary/aromatic N) is 4. The molecule has 12 heteroatoms. The first-order valence-electron chi connectivity index (χ1n) is 13.4. The van der Waals surface area contributed by atoms with Gasteiger partial charge in [0.2, 0.25) is 11.8 Å². The van der Waals surface area contributed by atoms with Gasteiger partial charge in [0.05, 0.1) is 43.4 Å². The fraction of sp³-hybridized carbons (Fsp3) is 0.300. The molecule has 1 aliphatic carbocycles. The summed E-state index contributed by atoms with van der Waals surface area (Å²) in [4.78, 5) is 43.1. The number of nitrogens with one attached hydrogen (secondary N) is 1. The van der Waals surface area contributed by atoms with Crippen molar-refractivity contribution in [2.75, 3.05) is 19.0 Å². The minimum absolute atomic E-state index is 0.0535. The minimum atomic E-state index is -0.862. The van der Waals surface area contributed by atoms with Crippen LogP contribution >= 0.6 is 11.6 Å². The lowest BCUT2D eigenvalue weighted by molar-refractivity contribution is -0.120. The molecule has 1 fully saturated rings. The molecule has 1 N–H and O–H groups in total. The number of pyridine rings is 2. The van der Waals surface area contributed by atoms with Gasteiger partial charge in [-0.05, 0) is 49.6 Å². The molecule has 0 saturated heterocycles. The third-order valence-corrected chi connectivity index (χ3v) is 7.46. The number of rotatable bonds is 9. The van der Waals surface area contributed by atoms with Crippen molar-refractivity contribution in [2.24, 2.45) is 5.92 Å². The van der Waals surface area contributed by atoms with Crippen LogP contribution in [0.4, 0.5) is 10.5 Å². The lowest BCUT2D eigenvalue weighted by Gasteiger charge is -2.30. The third kappa shape index (κ3) is 6.09. The van der Waals surface area contributed by atoms with Gasteiger partial charge in [-0.2, -0.15) is 10.2 Å². The molecule has 3 heterocycles. The Bertz CT molecular complexity index is 1750. The second-order valence-electron chi connectivity index (χ2n) is 9.89. The maximum atomic E-state index is 13.7. The van der Waals surface area contributed by atoms with E-state index < -0.39 is 17.8 Å². The average Bonchev–Trinajstić information content (AvgIpc) is 3.34. The Morgan fingerprint density at radius 1 is 1.17 bits per heavy atom. The topological polar surface area (TPSA) is 137 Å². The number of amides is 1. The number of imidazole rings is 1. The fourth-order valence-corrected chi connectivity index (χ4v) is 5.10. The second-order valence-corrected chi connectivity index (χ2v) is 10.3. The Kier molecular flexibility index (Phi) is 8.45. The highest BCUT2D eigenvalue weighted by atomic mass is 35.5. The Labute approximate surface area is 246 Å². The van der Waals surface area contributed by atoms with Crippen molar-refractivity contribution >= 4 is 35.0 Å². The summed E-state index contributed by atoms with van der Waals surface area (Å²) >= 11 is 6.19. The molecule has 0 radical (unpaired) electrons. The van der Waals surface area contributed by atoms with Crippen LogP contribution in [-0.2, 0) is 9.53 Å². The van der Waals surface area contributed by atoms with E-state index >= 15 is 0 Å². The van der Waals surface area contributed by atoms with Crippen LogP contribution in [0.1, 0.15) is 44.2 Å². The number of benzene rings is 1. The van der Waals surface area contributed by atoms with Crippen LogP contribution in [0.15, 0.2) is 59.8 Å². The van der Waals surface area contributed by atoms with E-state index in [2.05, 4.69) is 16.4 Å². The van der Waals surface area contributed by atoms with Crippen LogP contribution in [0.3, 0.4) is 0 Å². The number of carbonyl (C=O) groups excluding carboxylic acids is 2. The Hall–Kier alpha value is -4.82. The molecule has 11 nitrogen and oxygen atoms in total. The summed E-state index contributed by atoms with van der Waals surface area (Å²) in [5.74, 6) is 0.309. The van der Waals surface area contributed by atoms with Crippen molar-refractivity contribution in [1.82, 2.24) is 14.0 Å². The summed E-state index contributed by atoms with van der Waals surface area (Å²) < 4.78 is 18.5. The first kappa shape index (κ1) is 28.7. The monoisotopic (exact) mass is 589 g/mol.